The Balaban J connectivity index is 2.36. The van der Waals surface area contributed by atoms with Crippen molar-refractivity contribution in [3.8, 4) is 0 Å². The second kappa shape index (κ2) is 9.40. The zero-order valence-electron chi connectivity index (χ0n) is 14.9. The van der Waals surface area contributed by atoms with E-state index in [2.05, 4.69) is 29.7 Å². The minimum absolute atomic E-state index is 0.210. The van der Waals surface area contributed by atoms with Crippen LogP contribution >= 0.6 is 0 Å². The summed E-state index contributed by atoms with van der Waals surface area (Å²) >= 11 is 0. The van der Waals surface area contributed by atoms with Crippen LogP contribution in [0.2, 0.25) is 0 Å². The fourth-order valence-corrected chi connectivity index (χ4v) is 2.21. The molecule has 0 aliphatic heterocycles. The Morgan fingerprint density at radius 2 is 1.96 bits per heavy atom. The van der Waals surface area contributed by atoms with Gasteiger partial charge < -0.3 is 20.1 Å². The van der Waals surface area contributed by atoms with E-state index in [4.69, 9.17) is 9.47 Å². The van der Waals surface area contributed by atoms with Crippen molar-refractivity contribution in [3.05, 3.63) is 29.8 Å². The lowest BCUT2D eigenvalue weighted by Crippen LogP contribution is -2.34. The van der Waals surface area contributed by atoms with Crippen LogP contribution in [-0.2, 0) is 9.47 Å². The fourth-order valence-electron chi connectivity index (χ4n) is 2.21. The Kier molecular flexibility index (Phi) is 7.89. The molecule has 1 atom stereocenters. The van der Waals surface area contributed by atoms with Gasteiger partial charge in [-0.25, -0.2) is 4.79 Å². The Morgan fingerprint density at radius 1 is 1.26 bits per heavy atom. The lowest BCUT2D eigenvalue weighted by molar-refractivity contribution is 0.0526. The third kappa shape index (κ3) is 8.45. The van der Waals surface area contributed by atoms with Crippen molar-refractivity contribution in [2.24, 2.45) is 0 Å². The number of para-hydroxylation sites is 1. The van der Waals surface area contributed by atoms with Crippen molar-refractivity contribution in [1.29, 1.82) is 0 Å². The highest BCUT2D eigenvalue weighted by molar-refractivity contribution is 5.67. The summed E-state index contributed by atoms with van der Waals surface area (Å²) in [6.07, 6.45) is 1.39. The first kappa shape index (κ1) is 19.3. The molecule has 0 aromatic heterocycles. The molecule has 2 N–H and O–H groups in total. The zero-order valence-corrected chi connectivity index (χ0v) is 14.9. The maximum absolute atomic E-state index is 11.6. The standard InChI is InChI=1S/C18H30N2O3/c1-14-9-6-7-11-16(14)20-15(13-22-5)10-8-12-19-17(21)23-18(2,3)4/h6-7,9,11,15,20H,8,10,12-13H2,1-5H3,(H,19,21). The molecule has 0 fully saturated rings. The number of hydrogen-bond acceptors (Lipinski definition) is 4. The van der Waals surface area contributed by atoms with E-state index in [0.29, 0.717) is 13.2 Å². The first-order valence-corrected chi connectivity index (χ1v) is 8.10. The minimum Gasteiger partial charge on any atom is -0.444 e. The molecule has 5 nitrogen and oxygen atoms in total. The molecule has 0 aliphatic rings. The van der Waals surface area contributed by atoms with Gasteiger partial charge in [0.1, 0.15) is 5.60 Å². The summed E-state index contributed by atoms with van der Waals surface area (Å²) in [4.78, 5) is 11.6. The van der Waals surface area contributed by atoms with Crippen molar-refractivity contribution < 1.29 is 14.3 Å². The van der Waals surface area contributed by atoms with E-state index in [1.807, 2.05) is 32.9 Å². The van der Waals surface area contributed by atoms with Gasteiger partial charge in [0.25, 0.3) is 0 Å². The highest BCUT2D eigenvalue weighted by Crippen LogP contribution is 2.16. The first-order valence-electron chi connectivity index (χ1n) is 8.10. The SMILES string of the molecule is COCC(CCCNC(=O)OC(C)(C)C)Nc1ccccc1C. The molecular formula is C18H30N2O3. The number of carbonyl (C=O) groups is 1. The second-order valence-corrected chi connectivity index (χ2v) is 6.68. The molecule has 1 unspecified atom stereocenters. The lowest BCUT2D eigenvalue weighted by Gasteiger charge is -2.21. The Morgan fingerprint density at radius 3 is 2.57 bits per heavy atom. The topological polar surface area (TPSA) is 59.6 Å². The average molecular weight is 322 g/mol. The van der Waals surface area contributed by atoms with Crippen molar-refractivity contribution in [3.63, 3.8) is 0 Å². The maximum Gasteiger partial charge on any atom is 0.407 e. The monoisotopic (exact) mass is 322 g/mol. The number of methoxy groups -OCH3 is 1. The lowest BCUT2D eigenvalue weighted by atomic mass is 10.1. The van der Waals surface area contributed by atoms with Gasteiger partial charge in [0.05, 0.1) is 6.61 Å². The summed E-state index contributed by atoms with van der Waals surface area (Å²) in [5.41, 5.74) is 1.87. The van der Waals surface area contributed by atoms with Gasteiger partial charge in [-0.1, -0.05) is 18.2 Å². The highest BCUT2D eigenvalue weighted by atomic mass is 16.6. The van der Waals surface area contributed by atoms with Gasteiger partial charge in [-0.3, -0.25) is 0 Å². The van der Waals surface area contributed by atoms with E-state index in [-0.39, 0.29) is 12.1 Å². The number of aryl methyl sites for hydroxylation is 1. The number of nitrogens with one attached hydrogen (secondary N) is 2. The number of ether oxygens (including phenoxy) is 2. The van der Waals surface area contributed by atoms with Crippen LogP contribution in [0.15, 0.2) is 24.3 Å². The zero-order chi connectivity index (χ0) is 17.3. The minimum atomic E-state index is -0.463. The van der Waals surface area contributed by atoms with Gasteiger partial charge in [0, 0.05) is 25.4 Å². The van der Waals surface area contributed by atoms with Crippen LogP contribution < -0.4 is 10.6 Å². The van der Waals surface area contributed by atoms with E-state index in [1.165, 1.54) is 5.56 Å². The van der Waals surface area contributed by atoms with Crippen LogP contribution in [0, 0.1) is 6.92 Å². The normalized spacial score (nSPS) is 12.6. The van der Waals surface area contributed by atoms with Crippen molar-refractivity contribution >= 4 is 11.8 Å². The number of alkyl carbamates (subject to hydrolysis) is 1. The van der Waals surface area contributed by atoms with Gasteiger partial charge in [-0.05, 0) is 52.2 Å². The van der Waals surface area contributed by atoms with Gasteiger partial charge in [-0.15, -0.1) is 0 Å². The van der Waals surface area contributed by atoms with Crippen LogP contribution in [0.5, 0.6) is 0 Å². The number of rotatable bonds is 8. The molecule has 0 saturated heterocycles. The van der Waals surface area contributed by atoms with E-state index in [0.717, 1.165) is 18.5 Å². The Labute approximate surface area is 139 Å². The number of hydrogen-bond donors (Lipinski definition) is 2. The largest absolute Gasteiger partial charge is 0.444 e. The predicted octanol–water partition coefficient (Wildman–Crippen LogP) is 3.73. The van der Waals surface area contributed by atoms with E-state index >= 15 is 0 Å². The third-order valence-electron chi connectivity index (χ3n) is 3.27. The number of amides is 1. The van der Waals surface area contributed by atoms with E-state index in [1.54, 1.807) is 7.11 Å². The van der Waals surface area contributed by atoms with Crippen molar-refractivity contribution in [2.75, 3.05) is 25.6 Å². The Bertz CT molecular complexity index is 483. The third-order valence-corrected chi connectivity index (χ3v) is 3.27. The van der Waals surface area contributed by atoms with Crippen LogP contribution in [-0.4, -0.2) is 38.0 Å². The second-order valence-electron chi connectivity index (χ2n) is 6.68. The van der Waals surface area contributed by atoms with Crippen LogP contribution in [0.3, 0.4) is 0 Å². The molecule has 1 aromatic rings. The predicted molar refractivity (Wildman–Crippen MR) is 93.9 cm³/mol. The van der Waals surface area contributed by atoms with Gasteiger partial charge >= 0.3 is 6.09 Å². The van der Waals surface area contributed by atoms with Crippen molar-refractivity contribution in [1.82, 2.24) is 5.32 Å². The average Bonchev–Trinajstić information content (AvgIpc) is 2.44. The summed E-state index contributed by atoms with van der Waals surface area (Å²) in [5.74, 6) is 0. The summed E-state index contributed by atoms with van der Waals surface area (Å²) in [6.45, 7) is 8.86. The molecule has 0 heterocycles. The maximum atomic E-state index is 11.6. The quantitative estimate of drug-likeness (QED) is 0.716. The summed E-state index contributed by atoms with van der Waals surface area (Å²) in [7, 11) is 1.70. The number of benzene rings is 1. The molecule has 1 aromatic carbocycles. The summed E-state index contributed by atoms with van der Waals surface area (Å²) < 4.78 is 10.5. The van der Waals surface area contributed by atoms with Gasteiger partial charge in [0.15, 0.2) is 0 Å². The first-order chi connectivity index (χ1) is 10.8. The van der Waals surface area contributed by atoms with E-state index < -0.39 is 5.60 Å². The molecule has 130 valence electrons. The smallest absolute Gasteiger partial charge is 0.407 e. The van der Waals surface area contributed by atoms with Gasteiger partial charge in [-0.2, -0.15) is 0 Å². The summed E-state index contributed by atoms with van der Waals surface area (Å²) in [5, 5.41) is 6.29. The number of carbonyl (C=O) groups excluding carboxylic acids is 1. The van der Waals surface area contributed by atoms with Crippen LogP contribution in [0.25, 0.3) is 0 Å². The van der Waals surface area contributed by atoms with Crippen LogP contribution in [0.4, 0.5) is 10.5 Å². The molecule has 0 radical (unpaired) electrons. The van der Waals surface area contributed by atoms with Crippen molar-refractivity contribution in [2.45, 2.75) is 52.2 Å². The van der Waals surface area contributed by atoms with Gasteiger partial charge in [0.2, 0.25) is 0 Å². The molecular weight excluding hydrogens is 292 g/mol. The number of anilines is 1. The van der Waals surface area contributed by atoms with E-state index in [9.17, 15) is 4.79 Å². The fraction of sp³-hybridized carbons (Fsp3) is 0.611. The van der Waals surface area contributed by atoms with Crippen LogP contribution in [0.1, 0.15) is 39.2 Å². The molecule has 0 saturated carbocycles. The summed E-state index contributed by atoms with van der Waals surface area (Å²) in [6, 6.07) is 8.40. The molecule has 5 heteroatoms. The molecule has 0 spiro atoms. The highest BCUT2D eigenvalue weighted by Gasteiger charge is 2.16. The molecule has 23 heavy (non-hydrogen) atoms. The Hall–Kier alpha value is -1.75. The molecule has 0 aliphatic carbocycles. The molecule has 1 amide bonds. The molecule has 1 rings (SSSR count). The molecule has 0 bridgehead atoms.